The topological polar surface area (TPSA) is 88.1 Å². The van der Waals surface area contributed by atoms with Crippen molar-refractivity contribution in [3.05, 3.63) is 41.6 Å². The number of nitrogens with one attached hydrogen (secondary N) is 1. The van der Waals surface area contributed by atoms with Crippen molar-refractivity contribution >= 4 is 27.3 Å². The van der Waals surface area contributed by atoms with Gasteiger partial charge in [0.1, 0.15) is 11.0 Å². The molecule has 7 nitrogen and oxygen atoms in total. The molecule has 156 valence electrons. The number of rotatable bonds is 4. The first kappa shape index (κ1) is 20.5. The van der Waals surface area contributed by atoms with E-state index < -0.39 is 9.84 Å². The normalized spacial score (nSPS) is 23.9. The van der Waals surface area contributed by atoms with E-state index in [0.29, 0.717) is 17.0 Å². The van der Waals surface area contributed by atoms with Crippen LogP contribution in [0.5, 0.6) is 0 Å². The van der Waals surface area contributed by atoms with Crippen molar-refractivity contribution < 1.29 is 8.42 Å². The Kier molecular flexibility index (Phi) is 6.03. The van der Waals surface area contributed by atoms with Crippen molar-refractivity contribution in [2.75, 3.05) is 30.8 Å². The van der Waals surface area contributed by atoms with E-state index in [-0.39, 0.29) is 10.9 Å². The molecule has 1 unspecified atom stereocenters. The molecule has 9 heteroatoms. The quantitative estimate of drug-likeness (QED) is 0.789. The summed E-state index contributed by atoms with van der Waals surface area (Å²) in [5.41, 5.74) is 0.868. The molecule has 2 aliphatic heterocycles. The lowest BCUT2D eigenvalue weighted by Crippen LogP contribution is -2.42. The molecule has 4 heterocycles. The van der Waals surface area contributed by atoms with Crippen molar-refractivity contribution in [3.63, 3.8) is 0 Å². The summed E-state index contributed by atoms with van der Waals surface area (Å²) in [6.45, 7) is 3.03. The Morgan fingerprint density at radius 2 is 1.83 bits per heavy atom. The number of aromatic nitrogens is 3. The van der Waals surface area contributed by atoms with Gasteiger partial charge in [-0.05, 0) is 62.7 Å². The Morgan fingerprint density at radius 3 is 2.45 bits per heavy atom. The van der Waals surface area contributed by atoms with Gasteiger partial charge in [0.05, 0.1) is 29.0 Å². The van der Waals surface area contributed by atoms with Gasteiger partial charge >= 0.3 is 0 Å². The average molecular weight is 436 g/mol. The van der Waals surface area contributed by atoms with Crippen molar-refractivity contribution in [1.82, 2.24) is 20.3 Å². The van der Waals surface area contributed by atoms with Crippen LogP contribution < -0.4 is 10.2 Å². The van der Waals surface area contributed by atoms with Crippen LogP contribution in [-0.2, 0) is 9.84 Å². The first-order valence-corrected chi connectivity index (χ1v) is 12.3. The van der Waals surface area contributed by atoms with Crippen molar-refractivity contribution in [3.8, 4) is 0 Å². The fourth-order valence-electron chi connectivity index (χ4n) is 4.55. The van der Waals surface area contributed by atoms with Gasteiger partial charge in [-0.15, -0.1) is 0 Å². The molecule has 4 rings (SSSR count). The van der Waals surface area contributed by atoms with Crippen molar-refractivity contribution in [2.45, 2.75) is 36.6 Å². The second kappa shape index (κ2) is 8.53. The second-order valence-electron chi connectivity index (χ2n) is 7.97. The molecule has 2 fully saturated rings. The molecule has 2 aromatic rings. The molecular formula is C20H26ClN5O2S. The second-order valence-corrected chi connectivity index (χ2v) is 10.4. The molecule has 0 radical (unpaired) electrons. The monoisotopic (exact) mass is 435 g/mol. The van der Waals surface area contributed by atoms with Crippen LogP contribution in [0.3, 0.4) is 0 Å². The number of piperidine rings is 2. The van der Waals surface area contributed by atoms with Crippen LogP contribution in [0.15, 0.2) is 35.6 Å². The van der Waals surface area contributed by atoms with E-state index in [2.05, 4.69) is 25.2 Å². The minimum Gasteiger partial charge on any atom is -0.347 e. The SMILES string of the molecule is CS(=O)(=O)c1ccc([C@H]2CC(C3CCNCC3)CCN2c2cnc(Cl)cn2)nc1. The molecule has 2 aliphatic rings. The third kappa shape index (κ3) is 4.70. The lowest BCUT2D eigenvalue weighted by molar-refractivity contribution is 0.199. The zero-order chi connectivity index (χ0) is 20.4. The Hall–Kier alpha value is -1.77. The fraction of sp³-hybridized carbons (Fsp3) is 0.550. The molecule has 29 heavy (non-hydrogen) atoms. The highest BCUT2D eigenvalue weighted by Crippen LogP contribution is 2.41. The van der Waals surface area contributed by atoms with Crippen LogP contribution in [0.4, 0.5) is 5.82 Å². The third-order valence-electron chi connectivity index (χ3n) is 6.12. The van der Waals surface area contributed by atoms with Crippen molar-refractivity contribution in [1.29, 1.82) is 0 Å². The summed E-state index contributed by atoms with van der Waals surface area (Å²) in [6.07, 6.45) is 10.4. The largest absolute Gasteiger partial charge is 0.347 e. The lowest BCUT2D eigenvalue weighted by Gasteiger charge is -2.43. The molecule has 0 aliphatic carbocycles. The van der Waals surface area contributed by atoms with Gasteiger partial charge in [-0.25, -0.2) is 18.4 Å². The predicted octanol–water partition coefficient (Wildman–Crippen LogP) is 2.89. The maximum atomic E-state index is 11.8. The van der Waals surface area contributed by atoms with Crippen LogP contribution in [0, 0.1) is 11.8 Å². The highest BCUT2D eigenvalue weighted by Gasteiger charge is 2.35. The van der Waals surface area contributed by atoms with E-state index in [0.717, 1.165) is 44.0 Å². The number of nitrogens with zero attached hydrogens (tertiary/aromatic N) is 4. The fourth-order valence-corrected chi connectivity index (χ4v) is 5.21. The predicted molar refractivity (Wildman–Crippen MR) is 113 cm³/mol. The first-order valence-electron chi connectivity index (χ1n) is 10.0. The summed E-state index contributed by atoms with van der Waals surface area (Å²) in [5.74, 6) is 2.11. The summed E-state index contributed by atoms with van der Waals surface area (Å²) < 4.78 is 23.6. The van der Waals surface area contributed by atoms with Gasteiger partial charge in [0.15, 0.2) is 9.84 Å². The molecule has 0 saturated carbocycles. The van der Waals surface area contributed by atoms with Crippen LogP contribution in [0.2, 0.25) is 5.15 Å². The van der Waals surface area contributed by atoms with E-state index in [9.17, 15) is 8.42 Å². The standard InChI is InChI=1S/C20H26ClN5O2S/c1-29(27,28)16-2-3-17(23-11-16)18-10-15(14-4-7-22-8-5-14)6-9-26(18)20-13-24-19(21)12-25-20/h2-3,11-15,18,22H,4-10H2,1H3/t15?,18-/m1/s1. The van der Waals surface area contributed by atoms with E-state index in [1.165, 1.54) is 25.3 Å². The van der Waals surface area contributed by atoms with Crippen LogP contribution in [0.25, 0.3) is 0 Å². The minimum atomic E-state index is -3.27. The summed E-state index contributed by atoms with van der Waals surface area (Å²) in [7, 11) is -3.27. The van der Waals surface area contributed by atoms with E-state index in [1.807, 2.05) is 6.07 Å². The van der Waals surface area contributed by atoms with E-state index >= 15 is 0 Å². The molecule has 0 bridgehead atoms. The highest BCUT2D eigenvalue weighted by molar-refractivity contribution is 7.90. The van der Waals surface area contributed by atoms with Gasteiger partial charge < -0.3 is 10.2 Å². The Bertz CT molecular complexity index is 930. The number of anilines is 1. The molecule has 2 saturated heterocycles. The Morgan fingerprint density at radius 1 is 1.03 bits per heavy atom. The van der Waals surface area contributed by atoms with Gasteiger partial charge in [0, 0.05) is 19.0 Å². The molecule has 0 amide bonds. The zero-order valence-electron chi connectivity index (χ0n) is 16.5. The molecular weight excluding hydrogens is 410 g/mol. The van der Waals surface area contributed by atoms with Crippen LogP contribution in [0.1, 0.15) is 37.4 Å². The summed E-state index contributed by atoms with van der Waals surface area (Å²) in [4.78, 5) is 15.7. The molecule has 0 spiro atoms. The van der Waals surface area contributed by atoms with E-state index in [1.54, 1.807) is 18.5 Å². The van der Waals surface area contributed by atoms with Gasteiger partial charge in [-0.3, -0.25) is 4.98 Å². The number of hydrogen-bond donors (Lipinski definition) is 1. The molecule has 1 N–H and O–H groups in total. The molecule has 2 atom stereocenters. The first-order chi connectivity index (χ1) is 13.9. The summed E-state index contributed by atoms with van der Waals surface area (Å²) in [5, 5.41) is 3.81. The number of hydrogen-bond acceptors (Lipinski definition) is 7. The maximum absolute atomic E-state index is 11.8. The number of halogens is 1. The third-order valence-corrected chi connectivity index (χ3v) is 7.42. The van der Waals surface area contributed by atoms with E-state index in [4.69, 9.17) is 11.6 Å². The smallest absolute Gasteiger partial charge is 0.177 e. The van der Waals surface area contributed by atoms with Gasteiger partial charge in [0.25, 0.3) is 0 Å². The summed E-state index contributed by atoms with van der Waals surface area (Å²) >= 11 is 5.92. The summed E-state index contributed by atoms with van der Waals surface area (Å²) in [6, 6.07) is 3.52. The number of sulfone groups is 1. The van der Waals surface area contributed by atoms with Gasteiger partial charge in [-0.2, -0.15) is 0 Å². The number of pyridine rings is 1. The average Bonchev–Trinajstić information content (AvgIpc) is 2.74. The van der Waals surface area contributed by atoms with Crippen LogP contribution in [-0.4, -0.2) is 49.3 Å². The highest BCUT2D eigenvalue weighted by atomic mass is 35.5. The van der Waals surface area contributed by atoms with Crippen molar-refractivity contribution in [2.24, 2.45) is 11.8 Å². The van der Waals surface area contributed by atoms with Crippen LogP contribution >= 0.6 is 11.6 Å². The molecule has 2 aromatic heterocycles. The van der Waals surface area contributed by atoms with Gasteiger partial charge in [0.2, 0.25) is 0 Å². The Balaban J connectivity index is 1.63. The van der Waals surface area contributed by atoms with Gasteiger partial charge in [-0.1, -0.05) is 11.6 Å². The Labute approximate surface area is 176 Å². The minimum absolute atomic E-state index is 0.0349. The molecule has 0 aromatic carbocycles. The zero-order valence-corrected chi connectivity index (χ0v) is 18.0. The lowest BCUT2D eigenvalue weighted by atomic mass is 9.76. The maximum Gasteiger partial charge on any atom is 0.177 e.